The van der Waals surface area contributed by atoms with Crippen molar-refractivity contribution < 1.29 is 14.1 Å². The summed E-state index contributed by atoms with van der Waals surface area (Å²) in [7, 11) is 0. The van der Waals surface area contributed by atoms with E-state index in [1.54, 1.807) is 13.0 Å². The van der Waals surface area contributed by atoms with Gasteiger partial charge in [0, 0.05) is 25.1 Å². The fourth-order valence-electron chi connectivity index (χ4n) is 3.70. The molecule has 146 valence electrons. The van der Waals surface area contributed by atoms with Crippen molar-refractivity contribution in [3.8, 4) is 0 Å². The second-order valence-corrected chi connectivity index (χ2v) is 8.27. The molecule has 0 spiro atoms. The number of anilines is 1. The van der Waals surface area contributed by atoms with Crippen LogP contribution in [0.2, 0.25) is 0 Å². The molecule has 0 aliphatic carbocycles. The zero-order chi connectivity index (χ0) is 19.4. The Morgan fingerprint density at radius 3 is 2.67 bits per heavy atom. The molecule has 3 rings (SSSR count). The van der Waals surface area contributed by atoms with Crippen molar-refractivity contribution in [2.24, 2.45) is 11.3 Å². The molecule has 6 nitrogen and oxygen atoms in total. The lowest BCUT2D eigenvalue weighted by atomic mass is 9.81. The van der Waals surface area contributed by atoms with Crippen LogP contribution < -0.4 is 10.6 Å². The normalized spacial score (nSPS) is 21.2. The summed E-state index contributed by atoms with van der Waals surface area (Å²) in [5.74, 6) is 1.31. The molecule has 1 saturated heterocycles. The van der Waals surface area contributed by atoms with Crippen LogP contribution in [0.25, 0.3) is 0 Å². The summed E-state index contributed by atoms with van der Waals surface area (Å²) in [5.41, 5.74) is 0.993. The monoisotopic (exact) mass is 371 g/mol. The summed E-state index contributed by atoms with van der Waals surface area (Å²) < 4.78 is 11.0. The molecule has 3 atom stereocenters. The molecular formula is C21H29N3O3. The number of rotatable bonds is 6. The van der Waals surface area contributed by atoms with Crippen LogP contribution in [-0.2, 0) is 9.53 Å². The van der Waals surface area contributed by atoms with Crippen molar-refractivity contribution in [1.29, 1.82) is 0 Å². The third-order valence-electron chi connectivity index (χ3n) is 4.93. The second-order valence-electron chi connectivity index (χ2n) is 8.27. The number of aryl methyl sites for hydroxylation is 1. The summed E-state index contributed by atoms with van der Waals surface area (Å²) >= 11 is 0. The molecule has 2 N–H and O–H groups in total. The number of amides is 1. The first-order valence-electron chi connectivity index (χ1n) is 9.48. The van der Waals surface area contributed by atoms with Crippen molar-refractivity contribution in [2.45, 2.75) is 46.3 Å². The Labute approximate surface area is 160 Å². The van der Waals surface area contributed by atoms with Crippen LogP contribution in [0.5, 0.6) is 0 Å². The SMILES string of the molecule is Cc1cc(NC(=O)C(NC[C@H]2CCO[C@@H]2C(C)(C)C)c2ccccc2)no1. The zero-order valence-electron chi connectivity index (χ0n) is 16.5. The predicted molar refractivity (Wildman–Crippen MR) is 104 cm³/mol. The number of benzene rings is 1. The van der Waals surface area contributed by atoms with Crippen LogP contribution in [0, 0.1) is 18.3 Å². The van der Waals surface area contributed by atoms with Gasteiger partial charge in [0.25, 0.3) is 0 Å². The van der Waals surface area contributed by atoms with Gasteiger partial charge in [0.15, 0.2) is 5.82 Å². The first-order chi connectivity index (χ1) is 12.8. The molecule has 1 aromatic heterocycles. The van der Waals surface area contributed by atoms with E-state index in [4.69, 9.17) is 9.26 Å². The van der Waals surface area contributed by atoms with E-state index in [2.05, 4.69) is 36.6 Å². The maximum absolute atomic E-state index is 12.9. The number of nitrogens with one attached hydrogen (secondary N) is 2. The molecule has 27 heavy (non-hydrogen) atoms. The summed E-state index contributed by atoms with van der Waals surface area (Å²) in [5, 5.41) is 10.2. The Morgan fingerprint density at radius 1 is 1.30 bits per heavy atom. The summed E-state index contributed by atoms with van der Waals surface area (Å²) in [6.45, 7) is 9.88. The molecule has 1 aromatic carbocycles. The maximum atomic E-state index is 12.9. The Kier molecular flexibility index (Phi) is 5.97. The molecule has 0 radical (unpaired) electrons. The average molecular weight is 371 g/mol. The number of aromatic nitrogens is 1. The second kappa shape index (κ2) is 8.23. The van der Waals surface area contributed by atoms with Crippen LogP contribution in [-0.4, -0.2) is 30.3 Å². The van der Waals surface area contributed by atoms with Gasteiger partial charge in [-0.05, 0) is 24.3 Å². The van der Waals surface area contributed by atoms with E-state index in [9.17, 15) is 4.79 Å². The Morgan fingerprint density at radius 2 is 2.04 bits per heavy atom. The van der Waals surface area contributed by atoms with Crippen LogP contribution in [0.15, 0.2) is 40.9 Å². The van der Waals surface area contributed by atoms with E-state index in [1.165, 1.54) is 0 Å². The molecule has 1 unspecified atom stereocenters. The molecule has 2 aromatic rings. The van der Waals surface area contributed by atoms with Crippen molar-refractivity contribution in [2.75, 3.05) is 18.5 Å². The van der Waals surface area contributed by atoms with Crippen molar-refractivity contribution in [1.82, 2.24) is 10.5 Å². The molecule has 0 bridgehead atoms. The number of hydrogen-bond acceptors (Lipinski definition) is 5. The number of carbonyl (C=O) groups excluding carboxylic acids is 1. The van der Waals surface area contributed by atoms with E-state index in [0.717, 1.165) is 18.6 Å². The molecule has 0 saturated carbocycles. The van der Waals surface area contributed by atoms with Gasteiger partial charge in [-0.2, -0.15) is 0 Å². The van der Waals surface area contributed by atoms with Crippen LogP contribution >= 0.6 is 0 Å². The van der Waals surface area contributed by atoms with Gasteiger partial charge in [0.1, 0.15) is 11.8 Å². The van der Waals surface area contributed by atoms with Gasteiger partial charge in [-0.25, -0.2) is 0 Å². The highest BCUT2D eigenvalue weighted by Gasteiger charge is 2.37. The zero-order valence-corrected chi connectivity index (χ0v) is 16.5. The van der Waals surface area contributed by atoms with E-state index in [0.29, 0.717) is 24.0 Å². The van der Waals surface area contributed by atoms with E-state index in [1.807, 2.05) is 30.3 Å². The van der Waals surface area contributed by atoms with Gasteiger partial charge >= 0.3 is 0 Å². The van der Waals surface area contributed by atoms with Gasteiger partial charge < -0.3 is 19.9 Å². The van der Waals surface area contributed by atoms with Gasteiger partial charge in [-0.15, -0.1) is 0 Å². The van der Waals surface area contributed by atoms with Gasteiger partial charge in [0.2, 0.25) is 5.91 Å². The highest BCUT2D eigenvalue weighted by atomic mass is 16.5. The highest BCUT2D eigenvalue weighted by molar-refractivity contribution is 5.94. The lowest BCUT2D eigenvalue weighted by molar-refractivity contribution is -0.118. The minimum Gasteiger partial charge on any atom is -0.377 e. The van der Waals surface area contributed by atoms with E-state index in [-0.39, 0.29) is 17.4 Å². The standard InChI is InChI=1S/C21H29N3O3/c1-14-12-17(24-27-14)23-20(25)18(15-8-6-5-7-9-15)22-13-16-10-11-26-19(16)21(2,3)4/h5-9,12,16,18-19,22H,10-11,13H2,1-4H3,(H,23,24,25)/t16-,18?,19+/m1/s1. The first-order valence-corrected chi connectivity index (χ1v) is 9.48. The van der Waals surface area contributed by atoms with Crippen LogP contribution in [0.1, 0.15) is 44.6 Å². The van der Waals surface area contributed by atoms with E-state index < -0.39 is 6.04 Å². The Bertz CT molecular complexity index is 752. The molecule has 1 amide bonds. The van der Waals surface area contributed by atoms with Gasteiger partial charge in [0.05, 0.1) is 6.10 Å². The van der Waals surface area contributed by atoms with Crippen LogP contribution in [0.3, 0.4) is 0 Å². The average Bonchev–Trinajstić information content (AvgIpc) is 3.25. The van der Waals surface area contributed by atoms with Crippen LogP contribution in [0.4, 0.5) is 5.82 Å². The Balaban J connectivity index is 1.72. The van der Waals surface area contributed by atoms with E-state index >= 15 is 0 Å². The third kappa shape index (κ3) is 4.96. The third-order valence-corrected chi connectivity index (χ3v) is 4.93. The molecular weight excluding hydrogens is 342 g/mol. The lowest BCUT2D eigenvalue weighted by Gasteiger charge is -2.32. The minimum absolute atomic E-state index is 0.0750. The number of nitrogens with zero attached hydrogens (tertiary/aromatic N) is 1. The smallest absolute Gasteiger partial charge is 0.247 e. The number of hydrogen-bond donors (Lipinski definition) is 2. The first kappa shape index (κ1) is 19.6. The maximum Gasteiger partial charge on any atom is 0.247 e. The largest absolute Gasteiger partial charge is 0.377 e. The molecule has 1 aliphatic heterocycles. The fourth-order valence-corrected chi connectivity index (χ4v) is 3.70. The summed E-state index contributed by atoms with van der Waals surface area (Å²) in [6, 6.07) is 11.0. The number of carbonyl (C=O) groups is 1. The van der Waals surface area contributed by atoms with Crippen molar-refractivity contribution in [3.05, 3.63) is 47.7 Å². The van der Waals surface area contributed by atoms with Crippen molar-refractivity contribution in [3.63, 3.8) is 0 Å². The topological polar surface area (TPSA) is 76.4 Å². The van der Waals surface area contributed by atoms with Gasteiger partial charge in [-0.3, -0.25) is 4.79 Å². The molecule has 6 heteroatoms. The number of ether oxygens (including phenoxy) is 1. The summed E-state index contributed by atoms with van der Waals surface area (Å²) in [6.07, 6.45) is 1.18. The summed E-state index contributed by atoms with van der Waals surface area (Å²) in [4.78, 5) is 12.9. The Hall–Kier alpha value is -2.18. The minimum atomic E-state index is -0.468. The van der Waals surface area contributed by atoms with Crippen molar-refractivity contribution >= 4 is 11.7 Å². The quantitative estimate of drug-likeness (QED) is 0.810. The molecule has 2 heterocycles. The fraction of sp³-hybridized carbons (Fsp3) is 0.524. The molecule has 1 aliphatic rings. The predicted octanol–water partition coefficient (Wildman–Crippen LogP) is 3.70. The lowest BCUT2D eigenvalue weighted by Crippen LogP contribution is -2.40. The molecule has 1 fully saturated rings. The van der Waals surface area contributed by atoms with Gasteiger partial charge in [-0.1, -0.05) is 56.3 Å². The highest BCUT2D eigenvalue weighted by Crippen LogP contribution is 2.34.